The van der Waals surface area contributed by atoms with Gasteiger partial charge in [-0.15, -0.1) is 0 Å². The van der Waals surface area contributed by atoms with E-state index in [1.54, 1.807) is 30.5 Å². The molecule has 0 aliphatic heterocycles. The average molecular weight is 434 g/mol. The van der Waals surface area contributed by atoms with Crippen LogP contribution in [-0.2, 0) is 11.2 Å². The van der Waals surface area contributed by atoms with Crippen LogP contribution in [0.25, 0.3) is 5.69 Å². The molecule has 0 aliphatic rings. The normalized spacial score (nSPS) is 11.0. The van der Waals surface area contributed by atoms with E-state index < -0.39 is 5.97 Å². The summed E-state index contributed by atoms with van der Waals surface area (Å²) in [7, 11) is 0. The topological polar surface area (TPSA) is 92.9 Å². The molecule has 0 unspecified atom stereocenters. The number of benzene rings is 2. The van der Waals surface area contributed by atoms with Crippen LogP contribution in [0, 0.1) is 13.8 Å². The number of carboxylic acids is 1. The number of carbonyl (C=O) groups excluding carboxylic acids is 1. The van der Waals surface area contributed by atoms with Gasteiger partial charge < -0.3 is 14.4 Å². The molecule has 1 aromatic heterocycles. The number of hydrogen-bond acceptors (Lipinski definition) is 4. The van der Waals surface area contributed by atoms with Gasteiger partial charge in [0.25, 0.3) is 5.91 Å². The van der Waals surface area contributed by atoms with Crippen LogP contribution >= 0.6 is 0 Å². The van der Waals surface area contributed by atoms with E-state index in [2.05, 4.69) is 15.1 Å². The maximum absolute atomic E-state index is 12.3. The second-order valence-corrected chi connectivity index (χ2v) is 7.47. The molecule has 3 rings (SSSR count). The Balaban J connectivity index is 1.68. The molecule has 3 aromatic rings. The van der Waals surface area contributed by atoms with Gasteiger partial charge in [0.2, 0.25) is 0 Å². The van der Waals surface area contributed by atoms with Gasteiger partial charge in [-0.05, 0) is 68.3 Å². The first-order valence-electron chi connectivity index (χ1n) is 10.5. The van der Waals surface area contributed by atoms with Crippen molar-refractivity contribution in [1.82, 2.24) is 9.99 Å². The number of carboxylic acid groups (broad SMARTS) is 1. The summed E-state index contributed by atoms with van der Waals surface area (Å²) >= 11 is 0. The molecule has 0 fully saturated rings. The molecule has 7 nitrogen and oxygen atoms in total. The van der Waals surface area contributed by atoms with Gasteiger partial charge in [0.15, 0.2) is 0 Å². The highest BCUT2D eigenvalue weighted by Crippen LogP contribution is 2.20. The van der Waals surface area contributed by atoms with Crippen LogP contribution in [0.1, 0.15) is 46.2 Å². The van der Waals surface area contributed by atoms with Crippen LogP contribution < -0.4 is 10.2 Å². The zero-order valence-corrected chi connectivity index (χ0v) is 18.5. The lowest BCUT2D eigenvalue weighted by Gasteiger charge is -2.10. The van der Waals surface area contributed by atoms with Crippen molar-refractivity contribution in [1.29, 1.82) is 0 Å². The van der Waals surface area contributed by atoms with Crippen LogP contribution in [-0.4, -0.2) is 34.4 Å². The molecule has 0 saturated heterocycles. The summed E-state index contributed by atoms with van der Waals surface area (Å²) in [6, 6.07) is 16.3. The average Bonchev–Trinajstić information content (AvgIpc) is 3.06. The van der Waals surface area contributed by atoms with Crippen molar-refractivity contribution in [2.24, 2.45) is 5.10 Å². The number of ether oxygens (including phenoxy) is 1. The van der Waals surface area contributed by atoms with Crippen LogP contribution in [0.5, 0.6) is 5.75 Å². The van der Waals surface area contributed by atoms with E-state index in [4.69, 9.17) is 9.84 Å². The second-order valence-electron chi connectivity index (χ2n) is 7.47. The number of aromatic nitrogens is 1. The number of nitrogens with zero attached hydrogens (tertiary/aromatic N) is 2. The molecule has 0 saturated carbocycles. The van der Waals surface area contributed by atoms with Gasteiger partial charge in [-0.2, -0.15) is 5.10 Å². The van der Waals surface area contributed by atoms with Gasteiger partial charge in [0.05, 0.1) is 19.2 Å². The first-order chi connectivity index (χ1) is 15.4. The minimum Gasteiger partial charge on any atom is -0.494 e. The third-order valence-corrected chi connectivity index (χ3v) is 4.98. The van der Waals surface area contributed by atoms with E-state index in [1.165, 1.54) is 0 Å². The molecule has 2 aromatic carbocycles. The number of rotatable bonds is 9. The SMILES string of the molecule is CCCOc1ccc(C(=O)N/N=C\c2cc(C)n(-c3ccc(CC(=O)O)cc3)c2C)cc1. The Kier molecular flexibility index (Phi) is 7.44. The molecule has 7 heteroatoms. The summed E-state index contributed by atoms with van der Waals surface area (Å²) in [5, 5.41) is 13.0. The predicted octanol–water partition coefficient (Wildman–Crippen LogP) is 4.27. The van der Waals surface area contributed by atoms with Crippen LogP contribution in [0.4, 0.5) is 0 Å². The minimum atomic E-state index is -0.854. The molecule has 0 aliphatic carbocycles. The van der Waals surface area contributed by atoms with Gasteiger partial charge >= 0.3 is 5.97 Å². The molecular formula is C25H27N3O4. The lowest BCUT2D eigenvalue weighted by Crippen LogP contribution is -2.17. The highest BCUT2D eigenvalue weighted by atomic mass is 16.5. The van der Waals surface area contributed by atoms with Crippen molar-refractivity contribution in [3.8, 4) is 11.4 Å². The summed E-state index contributed by atoms with van der Waals surface area (Å²) in [6.45, 7) is 6.63. The number of hydrazone groups is 1. The van der Waals surface area contributed by atoms with Gasteiger partial charge in [-0.25, -0.2) is 5.43 Å². The molecule has 0 spiro atoms. The van der Waals surface area contributed by atoms with E-state index in [9.17, 15) is 9.59 Å². The van der Waals surface area contributed by atoms with Gasteiger partial charge in [0.1, 0.15) is 5.75 Å². The third kappa shape index (κ3) is 5.63. The van der Waals surface area contributed by atoms with E-state index in [-0.39, 0.29) is 12.3 Å². The standard InChI is InChI=1S/C25H27N3O4/c1-4-13-32-23-11-7-20(8-12-23)25(31)27-26-16-21-14-17(2)28(18(21)3)22-9-5-19(6-10-22)15-24(29)30/h5-12,14,16H,4,13,15H2,1-3H3,(H,27,31)(H,29,30)/b26-16-. The lowest BCUT2D eigenvalue weighted by atomic mass is 10.1. The number of carbonyl (C=O) groups is 2. The number of amides is 1. The maximum Gasteiger partial charge on any atom is 0.307 e. The summed E-state index contributed by atoms with van der Waals surface area (Å²) in [4.78, 5) is 23.2. The van der Waals surface area contributed by atoms with E-state index in [0.717, 1.165) is 40.4 Å². The molecule has 0 bridgehead atoms. The van der Waals surface area contributed by atoms with Gasteiger partial charge in [-0.3, -0.25) is 9.59 Å². The fraction of sp³-hybridized carbons (Fsp3) is 0.240. The predicted molar refractivity (Wildman–Crippen MR) is 124 cm³/mol. The smallest absolute Gasteiger partial charge is 0.307 e. The zero-order chi connectivity index (χ0) is 23.1. The Morgan fingerprint density at radius 2 is 1.78 bits per heavy atom. The third-order valence-electron chi connectivity index (χ3n) is 4.98. The molecule has 166 valence electrons. The van der Waals surface area contributed by atoms with Crippen molar-refractivity contribution in [2.75, 3.05) is 6.61 Å². The summed E-state index contributed by atoms with van der Waals surface area (Å²) in [6.07, 6.45) is 2.54. The summed E-state index contributed by atoms with van der Waals surface area (Å²) in [5.41, 5.74) is 7.58. The largest absolute Gasteiger partial charge is 0.494 e. The van der Waals surface area contributed by atoms with Crippen molar-refractivity contribution < 1.29 is 19.4 Å². The molecule has 0 radical (unpaired) electrons. The Morgan fingerprint density at radius 3 is 2.41 bits per heavy atom. The number of hydrogen-bond donors (Lipinski definition) is 2. The Morgan fingerprint density at radius 1 is 1.09 bits per heavy atom. The van der Waals surface area contributed by atoms with E-state index >= 15 is 0 Å². The molecule has 1 amide bonds. The fourth-order valence-corrected chi connectivity index (χ4v) is 3.40. The molecular weight excluding hydrogens is 406 g/mol. The van der Waals surface area contributed by atoms with Crippen molar-refractivity contribution in [3.63, 3.8) is 0 Å². The number of aryl methyl sites for hydroxylation is 1. The first kappa shape index (κ1) is 22.8. The van der Waals surface area contributed by atoms with Gasteiger partial charge in [0, 0.05) is 28.2 Å². The van der Waals surface area contributed by atoms with Crippen LogP contribution in [0.15, 0.2) is 59.7 Å². The van der Waals surface area contributed by atoms with Crippen molar-refractivity contribution in [3.05, 3.63) is 82.7 Å². The molecule has 1 heterocycles. The van der Waals surface area contributed by atoms with Gasteiger partial charge in [-0.1, -0.05) is 19.1 Å². The van der Waals surface area contributed by atoms with E-state index in [1.807, 2.05) is 51.1 Å². The Bertz CT molecular complexity index is 1110. The van der Waals surface area contributed by atoms with E-state index in [0.29, 0.717) is 12.2 Å². The number of aliphatic carboxylic acids is 1. The monoisotopic (exact) mass is 433 g/mol. The highest BCUT2D eigenvalue weighted by Gasteiger charge is 2.10. The van der Waals surface area contributed by atoms with Crippen LogP contribution in [0.3, 0.4) is 0 Å². The summed E-state index contributed by atoms with van der Waals surface area (Å²) < 4.78 is 7.58. The van der Waals surface area contributed by atoms with Crippen LogP contribution in [0.2, 0.25) is 0 Å². The summed E-state index contributed by atoms with van der Waals surface area (Å²) in [5.74, 6) is -0.422. The van der Waals surface area contributed by atoms with Crippen molar-refractivity contribution >= 4 is 18.1 Å². The Hall–Kier alpha value is -3.87. The maximum atomic E-state index is 12.3. The molecule has 2 N–H and O–H groups in total. The first-order valence-corrected chi connectivity index (χ1v) is 10.5. The second kappa shape index (κ2) is 10.4. The quantitative estimate of drug-likeness (QED) is 0.389. The number of nitrogens with one attached hydrogen (secondary N) is 1. The fourth-order valence-electron chi connectivity index (χ4n) is 3.40. The molecule has 0 atom stereocenters. The minimum absolute atomic E-state index is 0.00395. The zero-order valence-electron chi connectivity index (χ0n) is 18.5. The molecule has 32 heavy (non-hydrogen) atoms. The van der Waals surface area contributed by atoms with Crippen molar-refractivity contribution in [2.45, 2.75) is 33.6 Å². The highest BCUT2D eigenvalue weighted by molar-refractivity contribution is 5.95. The lowest BCUT2D eigenvalue weighted by molar-refractivity contribution is -0.136. The Labute approximate surface area is 187 Å².